The van der Waals surface area contributed by atoms with Crippen LogP contribution in [0.15, 0.2) is 23.2 Å². The number of hydrogen-bond donors (Lipinski definition) is 2. The molecule has 0 heterocycles. The number of benzene rings is 1. The number of methoxy groups -OCH3 is 2. The lowest BCUT2D eigenvalue weighted by Crippen LogP contribution is -2.26. The van der Waals surface area contributed by atoms with Crippen LogP contribution in [0.1, 0.15) is 20.3 Å². The molecular weight excluding hydrogens is 407 g/mol. The first kappa shape index (κ1) is 21.8. The standard InChI is InChI=1S/C16H28N4O2.HI/c1-5-20(6-2)11-7-10-18-16(17)19-13-8-9-14(21-3)15(12-13)22-4;/h8-9,12H,5-7,10-11H2,1-4H3,(H3,17,18,19);1H. The summed E-state index contributed by atoms with van der Waals surface area (Å²) < 4.78 is 10.5. The molecule has 1 rings (SSSR count). The Kier molecular flexibility index (Phi) is 11.6. The van der Waals surface area contributed by atoms with Gasteiger partial charge >= 0.3 is 0 Å². The fourth-order valence-electron chi connectivity index (χ4n) is 2.14. The van der Waals surface area contributed by atoms with Gasteiger partial charge in [0.1, 0.15) is 0 Å². The lowest BCUT2D eigenvalue weighted by Gasteiger charge is -2.16. The number of rotatable bonds is 9. The van der Waals surface area contributed by atoms with Crippen LogP contribution in [-0.2, 0) is 0 Å². The monoisotopic (exact) mass is 436 g/mol. The molecule has 1 aromatic carbocycles. The summed E-state index contributed by atoms with van der Waals surface area (Å²) in [6.45, 7) is 8.22. The number of nitrogens with zero attached hydrogens (tertiary/aromatic N) is 2. The topological polar surface area (TPSA) is 72.1 Å². The van der Waals surface area contributed by atoms with Crippen LogP contribution in [0.3, 0.4) is 0 Å². The van der Waals surface area contributed by atoms with Crippen molar-refractivity contribution in [2.45, 2.75) is 20.3 Å². The van der Waals surface area contributed by atoms with Crippen molar-refractivity contribution in [3.63, 3.8) is 0 Å². The molecule has 0 aliphatic heterocycles. The van der Waals surface area contributed by atoms with Gasteiger partial charge in [-0.15, -0.1) is 24.0 Å². The molecule has 0 saturated heterocycles. The van der Waals surface area contributed by atoms with Crippen LogP contribution in [0.2, 0.25) is 0 Å². The number of anilines is 1. The van der Waals surface area contributed by atoms with Crippen molar-refractivity contribution in [2.24, 2.45) is 10.7 Å². The predicted octanol–water partition coefficient (Wildman–Crippen LogP) is 2.78. The molecule has 132 valence electrons. The summed E-state index contributed by atoms with van der Waals surface area (Å²) in [7, 11) is 3.21. The zero-order valence-electron chi connectivity index (χ0n) is 14.5. The van der Waals surface area contributed by atoms with Crippen LogP contribution in [0.4, 0.5) is 5.69 Å². The average molecular weight is 436 g/mol. The van der Waals surface area contributed by atoms with E-state index in [-0.39, 0.29) is 24.0 Å². The van der Waals surface area contributed by atoms with E-state index in [1.165, 1.54) is 0 Å². The van der Waals surface area contributed by atoms with Gasteiger partial charge in [-0.1, -0.05) is 13.8 Å². The van der Waals surface area contributed by atoms with Crippen LogP contribution < -0.4 is 20.5 Å². The second-order valence-electron chi connectivity index (χ2n) is 4.84. The van der Waals surface area contributed by atoms with Crippen LogP contribution in [0, 0.1) is 0 Å². The summed E-state index contributed by atoms with van der Waals surface area (Å²) in [5.74, 6) is 1.75. The third-order valence-corrected chi connectivity index (χ3v) is 3.46. The van der Waals surface area contributed by atoms with E-state index < -0.39 is 0 Å². The number of ether oxygens (including phenoxy) is 2. The Morgan fingerprint density at radius 2 is 1.83 bits per heavy atom. The molecule has 23 heavy (non-hydrogen) atoms. The Morgan fingerprint density at radius 1 is 1.17 bits per heavy atom. The second-order valence-corrected chi connectivity index (χ2v) is 4.84. The quantitative estimate of drug-likeness (QED) is 0.270. The fourth-order valence-corrected chi connectivity index (χ4v) is 2.14. The zero-order valence-corrected chi connectivity index (χ0v) is 16.8. The third-order valence-electron chi connectivity index (χ3n) is 3.46. The van der Waals surface area contributed by atoms with Crippen LogP contribution in [0.25, 0.3) is 0 Å². The fraction of sp³-hybridized carbons (Fsp3) is 0.562. The van der Waals surface area contributed by atoms with Crippen molar-refractivity contribution in [3.05, 3.63) is 18.2 Å². The summed E-state index contributed by atoms with van der Waals surface area (Å²) in [4.78, 5) is 6.71. The molecule has 0 atom stereocenters. The van der Waals surface area contributed by atoms with Crippen LogP contribution in [-0.4, -0.2) is 51.3 Å². The highest BCUT2D eigenvalue weighted by Gasteiger charge is 2.05. The molecule has 0 saturated carbocycles. The van der Waals surface area contributed by atoms with E-state index in [1.54, 1.807) is 14.2 Å². The van der Waals surface area contributed by atoms with Gasteiger partial charge < -0.3 is 25.4 Å². The van der Waals surface area contributed by atoms with Gasteiger partial charge in [-0.3, -0.25) is 4.99 Å². The molecule has 7 heteroatoms. The first-order chi connectivity index (χ1) is 10.6. The molecule has 0 amide bonds. The van der Waals surface area contributed by atoms with Crippen LogP contribution >= 0.6 is 24.0 Å². The van der Waals surface area contributed by atoms with Crippen molar-refractivity contribution in [1.82, 2.24) is 4.90 Å². The molecule has 1 aromatic rings. The maximum absolute atomic E-state index is 5.90. The highest BCUT2D eigenvalue weighted by Crippen LogP contribution is 2.29. The first-order valence-corrected chi connectivity index (χ1v) is 7.65. The van der Waals surface area contributed by atoms with Gasteiger partial charge in [0.25, 0.3) is 0 Å². The summed E-state index contributed by atoms with van der Waals surface area (Å²) in [6, 6.07) is 5.53. The van der Waals surface area contributed by atoms with E-state index in [1.807, 2.05) is 18.2 Å². The number of nitrogens with one attached hydrogen (secondary N) is 1. The normalized spacial score (nSPS) is 11.1. The average Bonchev–Trinajstić information content (AvgIpc) is 2.54. The summed E-state index contributed by atoms with van der Waals surface area (Å²) in [5, 5.41) is 3.06. The zero-order chi connectivity index (χ0) is 16.4. The molecule has 0 bridgehead atoms. The number of halogens is 1. The molecule has 0 radical (unpaired) electrons. The van der Waals surface area contributed by atoms with E-state index in [0.717, 1.165) is 31.7 Å². The Balaban J connectivity index is 0.00000484. The van der Waals surface area contributed by atoms with Crippen LogP contribution in [0.5, 0.6) is 11.5 Å². The number of nitrogens with two attached hydrogens (primary N) is 1. The van der Waals surface area contributed by atoms with Gasteiger partial charge in [0.15, 0.2) is 17.5 Å². The first-order valence-electron chi connectivity index (χ1n) is 7.65. The maximum Gasteiger partial charge on any atom is 0.193 e. The second kappa shape index (κ2) is 12.2. The summed E-state index contributed by atoms with van der Waals surface area (Å²) in [5.41, 5.74) is 6.72. The van der Waals surface area contributed by atoms with Gasteiger partial charge in [-0.25, -0.2) is 0 Å². The predicted molar refractivity (Wildman–Crippen MR) is 107 cm³/mol. The highest BCUT2D eigenvalue weighted by molar-refractivity contribution is 14.0. The summed E-state index contributed by atoms with van der Waals surface area (Å²) >= 11 is 0. The number of hydrogen-bond acceptors (Lipinski definition) is 4. The molecule has 0 aromatic heterocycles. The largest absolute Gasteiger partial charge is 0.493 e. The van der Waals surface area contributed by atoms with E-state index in [4.69, 9.17) is 15.2 Å². The Morgan fingerprint density at radius 3 is 2.39 bits per heavy atom. The van der Waals surface area contributed by atoms with Crippen molar-refractivity contribution in [1.29, 1.82) is 0 Å². The van der Waals surface area contributed by atoms with E-state index in [0.29, 0.717) is 24.0 Å². The molecule has 0 spiro atoms. The SMILES string of the molecule is CCN(CC)CCCN=C(N)Nc1ccc(OC)c(OC)c1.I. The van der Waals surface area contributed by atoms with E-state index in [9.17, 15) is 0 Å². The van der Waals surface area contributed by atoms with E-state index >= 15 is 0 Å². The van der Waals surface area contributed by atoms with Crippen molar-refractivity contribution in [2.75, 3.05) is 45.7 Å². The van der Waals surface area contributed by atoms with Gasteiger partial charge in [-0.2, -0.15) is 0 Å². The third kappa shape index (κ3) is 7.74. The smallest absolute Gasteiger partial charge is 0.193 e. The van der Waals surface area contributed by atoms with Gasteiger partial charge in [0, 0.05) is 18.3 Å². The maximum atomic E-state index is 5.90. The van der Waals surface area contributed by atoms with Gasteiger partial charge in [-0.05, 0) is 38.2 Å². The van der Waals surface area contributed by atoms with Crippen molar-refractivity contribution in [3.8, 4) is 11.5 Å². The molecule has 0 aliphatic carbocycles. The lowest BCUT2D eigenvalue weighted by atomic mass is 10.3. The summed E-state index contributed by atoms with van der Waals surface area (Å²) in [6.07, 6.45) is 0.996. The number of aliphatic imine (C=N–C) groups is 1. The lowest BCUT2D eigenvalue weighted by molar-refractivity contribution is 0.302. The Labute approximate surface area is 156 Å². The minimum atomic E-state index is 0. The Hall–Kier alpha value is -1.22. The molecule has 0 fully saturated rings. The minimum Gasteiger partial charge on any atom is -0.493 e. The highest BCUT2D eigenvalue weighted by atomic mass is 127. The molecule has 6 nitrogen and oxygen atoms in total. The van der Waals surface area contributed by atoms with Gasteiger partial charge in [0.05, 0.1) is 14.2 Å². The molecular formula is C16H29IN4O2. The van der Waals surface area contributed by atoms with E-state index in [2.05, 4.69) is 29.1 Å². The number of guanidine groups is 1. The molecule has 0 unspecified atom stereocenters. The minimum absolute atomic E-state index is 0. The van der Waals surface area contributed by atoms with Gasteiger partial charge in [0.2, 0.25) is 0 Å². The van der Waals surface area contributed by atoms with Crippen molar-refractivity contribution >= 4 is 35.6 Å². The molecule has 0 aliphatic rings. The molecule has 3 N–H and O–H groups in total. The Bertz CT molecular complexity index is 479. The van der Waals surface area contributed by atoms with Crippen molar-refractivity contribution < 1.29 is 9.47 Å².